The van der Waals surface area contributed by atoms with Crippen LogP contribution in [0.5, 0.6) is 0 Å². The van der Waals surface area contributed by atoms with Gasteiger partial charge in [0.15, 0.2) is 0 Å². The first-order valence-corrected chi connectivity index (χ1v) is 6.65. The quantitative estimate of drug-likeness (QED) is 0.769. The highest BCUT2D eigenvalue weighted by Crippen LogP contribution is 2.23. The van der Waals surface area contributed by atoms with Gasteiger partial charge in [-0.1, -0.05) is 30.3 Å². The summed E-state index contributed by atoms with van der Waals surface area (Å²) in [5, 5.41) is 0. The number of nitrogens with zero attached hydrogens (tertiary/aromatic N) is 1. The molecule has 1 heterocycles. The van der Waals surface area contributed by atoms with Crippen LogP contribution in [0.15, 0.2) is 30.3 Å². The lowest BCUT2D eigenvalue weighted by molar-refractivity contribution is 0.0572. The molecule has 0 unspecified atom stereocenters. The van der Waals surface area contributed by atoms with Gasteiger partial charge in [-0.05, 0) is 18.4 Å². The standard InChI is InChI=1S/C15H23NO2/c1-17-11-10-16-9-8-15(18-2)14(16)12-13-6-4-3-5-7-13/h3-7,14-15H,8-12H2,1-2H3/t14-,15-/m1/s1. The Hall–Kier alpha value is -0.900. The summed E-state index contributed by atoms with van der Waals surface area (Å²) < 4.78 is 10.8. The molecule has 100 valence electrons. The third-order valence-corrected chi connectivity index (χ3v) is 3.77. The summed E-state index contributed by atoms with van der Waals surface area (Å²) in [6.45, 7) is 2.90. The van der Waals surface area contributed by atoms with Crippen molar-refractivity contribution in [1.29, 1.82) is 0 Å². The Morgan fingerprint density at radius 3 is 2.67 bits per heavy atom. The van der Waals surface area contributed by atoms with Crippen LogP contribution in [-0.2, 0) is 15.9 Å². The van der Waals surface area contributed by atoms with Gasteiger partial charge in [-0.15, -0.1) is 0 Å². The molecule has 1 aliphatic rings. The van der Waals surface area contributed by atoms with E-state index in [2.05, 4.69) is 35.2 Å². The van der Waals surface area contributed by atoms with Crippen molar-refractivity contribution in [2.24, 2.45) is 0 Å². The van der Waals surface area contributed by atoms with Crippen molar-refractivity contribution in [2.75, 3.05) is 33.9 Å². The molecule has 0 aromatic heterocycles. The van der Waals surface area contributed by atoms with E-state index in [9.17, 15) is 0 Å². The second-order valence-corrected chi connectivity index (χ2v) is 4.85. The molecule has 1 fully saturated rings. The lowest BCUT2D eigenvalue weighted by Crippen LogP contribution is -2.39. The molecule has 18 heavy (non-hydrogen) atoms. The smallest absolute Gasteiger partial charge is 0.0741 e. The highest BCUT2D eigenvalue weighted by atomic mass is 16.5. The van der Waals surface area contributed by atoms with E-state index in [4.69, 9.17) is 9.47 Å². The molecular weight excluding hydrogens is 226 g/mol. The molecule has 1 saturated heterocycles. The third kappa shape index (κ3) is 3.31. The zero-order chi connectivity index (χ0) is 12.8. The molecule has 2 rings (SSSR count). The predicted molar refractivity (Wildman–Crippen MR) is 72.8 cm³/mol. The molecular formula is C15H23NO2. The summed E-state index contributed by atoms with van der Waals surface area (Å²) in [5.41, 5.74) is 1.38. The maximum atomic E-state index is 5.62. The van der Waals surface area contributed by atoms with E-state index in [0.717, 1.165) is 32.5 Å². The normalized spacial score (nSPS) is 24.6. The maximum absolute atomic E-state index is 5.62. The monoisotopic (exact) mass is 249 g/mol. The highest BCUT2D eigenvalue weighted by molar-refractivity contribution is 5.17. The zero-order valence-corrected chi connectivity index (χ0v) is 11.3. The van der Waals surface area contributed by atoms with Gasteiger partial charge >= 0.3 is 0 Å². The Balaban J connectivity index is 2.00. The molecule has 0 aliphatic carbocycles. The number of hydrogen-bond donors (Lipinski definition) is 0. The van der Waals surface area contributed by atoms with Crippen LogP contribution in [0.25, 0.3) is 0 Å². The fraction of sp³-hybridized carbons (Fsp3) is 0.600. The zero-order valence-electron chi connectivity index (χ0n) is 11.3. The minimum atomic E-state index is 0.349. The highest BCUT2D eigenvalue weighted by Gasteiger charge is 2.33. The first kappa shape index (κ1) is 13.5. The molecule has 3 heteroatoms. The number of ether oxygens (including phenoxy) is 2. The van der Waals surface area contributed by atoms with Crippen molar-refractivity contribution in [3.63, 3.8) is 0 Å². The van der Waals surface area contributed by atoms with Gasteiger partial charge in [0.1, 0.15) is 0 Å². The van der Waals surface area contributed by atoms with Crippen molar-refractivity contribution < 1.29 is 9.47 Å². The molecule has 1 aromatic rings. The van der Waals surface area contributed by atoms with Gasteiger partial charge in [-0.25, -0.2) is 0 Å². The van der Waals surface area contributed by atoms with Crippen LogP contribution in [0.3, 0.4) is 0 Å². The second-order valence-electron chi connectivity index (χ2n) is 4.85. The lowest BCUT2D eigenvalue weighted by Gasteiger charge is -2.27. The fourth-order valence-electron chi connectivity index (χ4n) is 2.76. The Morgan fingerprint density at radius 2 is 2.00 bits per heavy atom. The first-order valence-electron chi connectivity index (χ1n) is 6.65. The summed E-state index contributed by atoms with van der Waals surface area (Å²) in [7, 11) is 3.58. The molecule has 3 nitrogen and oxygen atoms in total. The predicted octanol–water partition coefficient (Wildman–Crippen LogP) is 1.96. The molecule has 0 bridgehead atoms. The Labute approximate surface area is 110 Å². The Morgan fingerprint density at radius 1 is 1.22 bits per heavy atom. The van der Waals surface area contributed by atoms with Crippen molar-refractivity contribution >= 4 is 0 Å². The molecule has 0 N–H and O–H groups in total. The minimum Gasteiger partial charge on any atom is -0.383 e. The number of rotatable bonds is 6. The number of methoxy groups -OCH3 is 2. The molecule has 1 aromatic carbocycles. The minimum absolute atomic E-state index is 0.349. The van der Waals surface area contributed by atoms with E-state index < -0.39 is 0 Å². The van der Waals surface area contributed by atoms with Crippen LogP contribution in [0.1, 0.15) is 12.0 Å². The Bertz CT molecular complexity index is 342. The van der Waals surface area contributed by atoms with Gasteiger partial charge in [-0.2, -0.15) is 0 Å². The van der Waals surface area contributed by atoms with Crippen LogP contribution in [0.4, 0.5) is 0 Å². The summed E-state index contributed by atoms with van der Waals surface area (Å²) in [5.74, 6) is 0. The van der Waals surface area contributed by atoms with Gasteiger partial charge in [0.2, 0.25) is 0 Å². The van der Waals surface area contributed by atoms with Crippen LogP contribution in [0, 0.1) is 0 Å². The molecule has 0 amide bonds. The third-order valence-electron chi connectivity index (χ3n) is 3.77. The molecule has 0 saturated carbocycles. The maximum Gasteiger partial charge on any atom is 0.0741 e. The van der Waals surface area contributed by atoms with E-state index in [-0.39, 0.29) is 0 Å². The second kappa shape index (κ2) is 6.88. The first-order chi connectivity index (χ1) is 8.85. The van der Waals surface area contributed by atoms with Crippen molar-refractivity contribution in [3.05, 3.63) is 35.9 Å². The number of benzene rings is 1. The SMILES string of the molecule is COCCN1CC[C@@H](OC)[C@H]1Cc1ccccc1. The van der Waals surface area contributed by atoms with E-state index in [1.165, 1.54) is 5.56 Å². The van der Waals surface area contributed by atoms with Crippen LogP contribution in [0.2, 0.25) is 0 Å². The summed E-state index contributed by atoms with van der Waals surface area (Å²) in [6.07, 6.45) is 2.53. The largest absolute Gasteiger partial charge is 0.383 e. The van der Waals surface area contributed by atoms with Gasteiger partial charge in [-0.3, -0.25) is 4.90 Å². The van der Waals surface area contributed by atoms with Crippen LogP contribution >= 0.6 is 0 Å². The Kier molecular flexibility index (Phi) is 5.17. The van der Waals surface area contributed by atoms with Gasteiger partial charge in [0.25, 0.3) is 0 Å². The van der Waals surface area contributed by atoms with E-state index in [0.29, 0.717) is 12.1 Å². The topological polar surface area (TPSA) is 21.7 Å². The van der Waals surface area contributed by atoms with Crippen LogP contribution in [-0.4, -0.2) is 51.0 Å². The molecule has 1 aliphatic heterocycles. The van der Waals surface area contributed by atoms with E-state index >= 15 is 0 Å². The lowest BCUT2D eigenvalue weighted by atomic mass is 10.0. The number of hydrogen-bond acceptors (Lipinski definition) is 3. The molecule has 2 atom stereocenters. The van der Waals surface area contributed by atoms with Crippen LogP contribution < -0.4 is 0 Å². The van der Waals surface area contributed by atoms with E-state index in [1.54, 1.807) is 7.11 Å². The summed E-state index contributed by atoms with van der Waals surface area (Å²) in [4.78, 5) is 2.49. The molecule has 0 spiro atoms. The summed E-state index contributed by atoms with van der Waals surface area (Å²) >= 11 is 0. The average molecular weight is 249 g/mol. The van der Waals surface area contributed by atoms with Crippen molar-refractivity contribution in [1.82, 2.24) is 4.90 Å². The average Bonchev–Trinajstić information content (AvgIpc) is 2.80. The molecule has 0 radical (unpaired) electrons. The summed E-state index contributed by atoms with van der Waals surface area (Å²) in [6, 6.07) is 11.1. The van der Waals surface area contributed by atoms with Gasteiger partial charge in [0, 0.05) is 33.4 Å². The van der Waals surface area contributed by atoms with Crippen molar-refractivity contribution in [2.45, 2.75) is 25.0 Å². The number of likely N-dealkylation sites (tertiary alicyclic amines) is 1. The van der Waals surface area contributed by atoms with Gasteiger partial charge in [0.05, 0.1) is 12.7 Å². The van der Waals surface area contributed by atoms with E-state index in [1.807, 2.05) is 7.11 Å². The van der Waals surface area contributed by atoms with Crippen molar-refractivity contribution in [3.8, 4) is 0 Å². The fourth-order valence-corrected chi connectivity index (χ4v) is 2.76. The van der Waals surface area contributed by atoms with Gasteiger partial charge < -0.3 is 9.47 Å².